The van der Waals surface area contributed by atoms with Gasteiger partial charge in [0, 0.05) is 13.1 Å². The Bertz CT molecular complexity index is 525. The quantitative estimate of drug-likeness (QED) is 0.725. The van der Waals surface area contributed by atoms with E-state index in [1.54, 1.807) is 12.1 Å². The molecule has 0 aliphatic carbocycles. The first-order valence-corrected chi connectivity index (χ1v) is 8.65. The summed E-state index contributed by atoms with van der Waals surface area (Å²) in [5.74, 6) is 0.293. The summed E-state index contributed by atoms with van der Waals surface area (Å²) in [5, 5.41) is 3.31. The minimum Gasteiger partial charge on any atom is -0.313 e. The summed E-state index contributed by atoms with van der Waals surface area (Å²) in [4.78, 5) is 0.344. The summed E-state index contributed by atoms with van der Waals surface area (Å²) in [6.45, 7) is 10.2. The molecule has 0 heterocycles. The third-order valence-corrected chi connectivity index (χ3v) is 4.48. The van der Waals surface area contributed by atoms with E-state index < -0.39 is 10.0 Å². The van der Waals surface area contributed by atoms with Crippen molar-refractivity contribution >= 4 is 10.0 Å². The first-order valence-electron chi connectivity index (χ1n) is 7.16. The molecule has 5 heteroatoms. The Kier molecular flexibility index (Phi) is 6.65. The number of aryl methyl sites for hydroxylation is 1. The molecule has 0 fully saturated rings. The van der Waals surface area contributed by atoms with Crippen molar-refractivity contribution in [2.45, 2.75) is 45.6 Å². The average molecular weight is 298 g/mol. The Morgan fingerprint density at radius 3 is 2.55 bits per heavy atom. The largest absolute Gasteiger partial charge is 0.313 e. The Morgan fingerprint density at radius 2 is 1.95 bits per heavy atom. The minimum atomic E-state index is -3.40. The lowest BCUT2D eigenvalue weighted by Gasteiger charge is -2.12. The summed E-state index contributed by atoms with van der Waals surface area (Å²) in [7, 11) is -3.40. The van der Waals surface area contributed by atoms with Crippen molar-refractivity contribution in [3.63, 3.8) is 0 Å². The van der Waals surface area contributed by atoms with Gasteiger partial charge in [-0.25, -0.2) is 13.1 Å². The number of benzene rings is 1. The van der Waals surface area contributed by atoms with Crippen molar-refractivity contribution in [2.75, 3.05) is 13.1 Å². The summed E-state index contributed by atoms with van der Waals surface area (Å²) in [5.41, 5.74) is 2.14. The molecule has 2 N–H and O–H groups in total. The molecule has 0 aromatic heterocycles. The van der Waals surface area contributed by atoms with Gasteiger partial charge in [-0.3, -0.25) is 0 Å². The second-order valence-electron chi connectivity index (χ2n) is 5.51. The van der Waals surface area contributed by atoms with Gasteiger partial charge in [0.1, 0.15) is 0 Å². The molecule has 0 aliphatic heterocycles. The molecule has 1 rings (SSSR count). The molecular formula is C15H26N2O2S. The van der Waals surface area contributed by atoms with Crippen LogP contribution in [-0.2, 0) is 16.6 Å². The monoisotopic (exact) mass is 298 g/mol. The van der Waals surface area contributed by atoms with Gasteiger partial charge in [0.05, 0.1) is 4.90 Å². The van der Waals surface area contributed by atoms with Gasteiger partial charge in [0.2, 0.25) is 10.0 Å². The smallest absolute Gasteiger partial charge is 0.240 e. The van der Waals surface area contributed by atoms with Crippen LogP contribution < -0.4 is 10.0 Å². The third kappa shape index (κ3) is 5.23. The van der Waals surface area contributed by atoms with Gasteiger partial charge in [-0.1, -0.05) is 26.8 Å². The molecule has 0 atom stereocenters. The van der Waals surface area contributed by atoms with E-state index in [4.69, 9.17) is 0 Å². The maximum atomic E-state index is 12.2. The zero-order valence-electron chi connectivity index (χ0n) is 12.9. The fourth-order valence-electron chi connectivity index (χ4n) is 1.76. The van der Waals surface area contributed by atoms with E-state index >= 15 is 0 Å². The maximum Gasteiger partial charge on any atom is 0.240 e. The highest BCUT2D eigenvalue weighted by Crippen LogP contribution is 2.15. The molecule has 0 radical (unpaired) electrons. The van der Waals surface area contributed by atoms with E-state index in [0.717, 1.165) is 24.1 Å². The second kappa shape index (κ2) is 7.76. The number of sulfonamides is 1. The summed E-state index contributed by atoms with van der Waals surface area (Å²) in [6, 6.07) is 5.30. The van der Waals surface area contributed by atoms with Crippen molar-refractivity contribution in [3.8, 4) is 0 Å². The Morgan fingerprint density at radius 1 is 1.25 bits per heavy atom. The van der Waals surface area contributed by atoms with Crippen LogP contribution in [0.25, 0.3) is 0 Å². The highest BCUT2D eigenvalue weighted by molar-refractivity contribution is 7.89. The van der Waals surface area contributed by atoms with Gasteiger partial charge in [0.25, 0.3) is 0 Å². The van der Waals surface area contributed by atoms with E-state index in [2.05, 4.69) is 17.0 Å². The topological polar surface area (TPSA) is 58.2 Å². The minimum absolute atomic E-state index is 0.293. The molecule has 0 spiro atoms. The molecule has 0 aliphatic rings. The summed E-state index contributed by atoms with van der Waals surface area (Å²) >= 11 is 0. The van der Waals surface area contributed by atoms with Crippen LogP contribution in [0.5, 0.6) is 0 Å². The normalized spacial score (nSPS) is 12.1. The van der Waals surface area contributed by atoms with Crippen LogP contribution in [-0.4, -0.2) is 21.5 Å². The zero-order chi connectivity index (χ0) is 15.2. The van der Waals surface area contributed by atoms with E-state index in [9.17, 15) is 8.42 Å². The van der Waals surface area contributed by atoms with Gasteiger partial charge in [0.15, 0.2) is 0 Å². The highest BCUT2D eigenvalue weighted by Gasteiger charge is 2.15. The van der Waals surface area contributed by atoms with Crippen molar-refractivity contribution in [1.82, 2.24) is 10.0 Å². The second-order valence-corrected chi connectivity index (χ2v) is 7.28. The highest BCUT2D eigenvalue weighted by atomic mass is 32.2. The van der Waals surface area contributed by atoms with Crippen LogP contribution in [0.15, 0.2) is 23.1 Å². The van der Waals surface area contributed by atoms with Crippen molar-refractivity contribution in [2.24, 2.45) is 5.92 Å². The fraction of sp³-hybridized carbons (Fsp3) is 0.600. The van der Waals surface area contributed by atoms with Gasteiger partial charge in [-0.2, -0.15) is 0 Å². The molecule has 20 heavy (non-hydrogen) atoms. The Hall–Kier alpha value is -0.910. The molecule has 114 valence electrons. The molecule has 0 saturated carbocycles. The van der Waals surface area contributed by atoms with Crippen molar-refractivity contribution < 1.29 is 8.42 Å². The van der Waals surface area contributed by atoms with Gasteiger partial charge < -0.3 is 5.32 Å². The lowest BCUT2D eigenvalue weighted by Crippen LogP contribution is -2.27. The lowest BCUT2D eigenvalue weighted by atomic mass is 10.1. The van der Waals surface area contributed by atoms with E-state index in [-0.39, 0.29) is 0 Å². The fourth-order valence-corrected chi connectivity index (χ4v) is 3.03. The van der Waals surface area contributed by atoms with Crippen LogP contribution in [0, 0.1) is 12.8 Å². The van der Waals surface area contributed by atoms with Crippen molar-refractivity contribution in [3.05, 3.63) is 29.3 Å². The predicted molar refractivity (Wildman–Crippen MR) is 83.2 cm³/mol. The zero-order valence-corrected chi connectivity index (χ0v) is 13.7. The number of hydrogen-bond acceptors (Lipinski definition) is 3. The predicted octanol–water partition coefficient (Wildman–Crippen LogP) is 2.43. The number of nitrogens with one attached hydrogen (secondary N) is 2. The molecule has 1 aromatic carbocycles. The molecule has 0 amide bonds. The standard InChI is InChI=1S/C15H26N2O2S/c1-5-8-16-11-14-9-15(7-6-13(14)4)20(18,19)17-10-12(2)3/h6-7,9,12,16-17H,5,8,10-11H2,1-4H3. The summed E-state index contributed by atoms with van der Waals surface area (Å²) < 4.78 is 27.0. The SMILES string of the molecule is CCCNCc1cc(S(=O)(=O)NCC(C)C)ccc1C. The van der Waals surface area contributed by atoms with E-state index in [1.807, 2.05) is 26.8 Å². The van der Waals surface area contributed by atoms with Gasteiger partial charge in [-0.05, 0) is 49.1 Å². The lowest BCUT2D eigenvalue weighted by molar-refractivity contribution is 0.560. The molecule has 4 nitrogen and oxygen atoms in total. The van der Waals surface area contributed by atoms with Gasteiger partial charge >= 0.3 is 0 Å². The van der Waals surface area contributed by atoms with Crippen LogP contribution in [0.3, 0.4) is 0 Å². The first-order chi connectivity index (χ1) is 9.36. The number of hydrogen-bond donors (Lipinski definition) is 2. The number of rotatable bonds is 8. The van der Waals surface area contributed by atoms with E-state index in [0.29, 0.717) is 23.9 Å². The van der Waals surface area contributed by atoms with Crippen LogP contribution in [0.1, 0.15) is 38.3 Å². The molecule has 0 unspecified atom stereocenters. The van der Waals surface area contributed by atoms with Gasteiger partial charge in [-0.15, -0.1) is 0 Å². The van der Waals surface area contributed by atoms with Crippen LogP contribution in [0.4, 0.5) is 0 Å². The molecular weight excluding hydrogens is 272 g/mol. The molecule has 1 aromatic rings. The maximum absolute atomic E-state index is 12.2. The average Bonchev–Trinajstić information content (AvgIpc) is 2.39. The van der Waals surface area contributed by atoms with Crippen LogP contribution in [0.2, 0.25) is 0 Å². The van der Waals surface area contributed by atoms with E-state index in [1.165, 1.54) is 0 Å². The molecule has 0 bridgehead atoms. The van der Waals surface area contributed by atoms with Crippen molar-refractivity contribution in [1.29, 1.82) is 0 Å². The third-order valence-electron chi connectivity index (χ3n) is 3.05. The first kappa shape index (κ1) is 17.1. The van der Waals surface area contributed by atoms with Crippen LogP contribution >= 0.6 is 0 Å². The Labute approximate surface area is 123 Å². The summed E-state index contributed by atoms with van der Waals surface area (Å²) in [6.07, 6.45) is 1.06. The molecule has 0 saturated heterocycles. The Balaban J connectivity index is 2.87.